The summed E-state index contributed by atoms with van der Waals surface area (Å²) in [7, 11) is 0. The Balaban J connectivity index is 0.00000132. The number of carbonyl (C=O) groups excluding carboxylic acids is 1. The fraction of sp³-hybridized carbons (Fsp3) is 0.688. The van der Waals surface area contributed by atoms with E-state index >= 15 is 0 Å². The highest BCUT2D eigenvalue weighted by atomic mass is 35.5. The van der Waals surface area contributed by atoms with E-state index in [2.05, 4.69) is 32.6 Å². The van der Waals surface area contributed by atoms with Gasteiger partial charge in [-0.1, -0.05) is 6.07 Å². The van der Waals surface area contributed by atoms with E-state index in [1.165, 1.54) is 4.88 Å². The molecule has 0 spiro atoms. The Morgan fingerprint density at radius 2 is 1.87 bits per heavy atom. The molecule has 2 fully saturated rings. The van der Waals surface area contributed by atoms with Gasteiger partial charge in [0.2, 0.25) is 5.91 Å². The number of carbonyl (C=O) groups is 1. The second kappa shape index (κ2) is 10.5. The van der Waals surface area contributed by atoms with Crippen molar-refractivity contribution in [2.45, 2.75) is 25.8 Å². The van der Waals surface area contributed by atoms with Crippen molar-refractivity contribution in [3.63, 3.8) is 0 Å². The van der Waals surface area contributed by atoms with Crippen molar-refractivity contribution in [3.05, 3.63) is 22.4 Å². The summed E-state index contributed by atoms with van der Waals surface area (Å²) in [5.74, 6) is 0.973. The SMILES string of the molecule is Cl.Cl.O=C(CC1CCNCC1)N1CCN(Cc2cccs2)CC1. The van der Waals surface area contributed by atoms with Crippen LogP contribution in [0.25, 0.3) is 0 Å². The molecule has 1 amide bonds. The highest BCUT2D eigenvalue weighted by Gasteiger charge is 2.24. The van der Waals surface area contributed by atoms with Crippen LogP contribution in [-0.2, 0) is 11.3 Å². The van der Waals surface area contributed by atoms with Gasteiger partial charge in [0.1, 0.15) is 0 Å². The third-order valence-corrected chi connectivity index (χ3v) is 5.47. The highest BCUT2D eigenvalue weighted by Crippen LogP contribution is 2.18. The van der Waals surface area contributed by atoms with Gasteiger partial charge in [-0.25, -0.2) is 0 Å². The standard InChI is InChI=1S/C16H25N3OS.2ClH/c20-16(12-14-3-5-17-6-4-14)19-9-7-18(8-10-19)13-15-2-1-11-21-15;;/h1-2,11,14,17H,3-10,12-13H2;2*1H. The van der Waals surface area contributed by atoms with Gasteiger partial charge in [0.25, 0.3) is 0 Å². The number of piperidine rings is 1. The van der Waals surface area contributed by atoms with Crippen molar-refractivity contribution in [1.29, 1.82) is 0 Å². The van der Waals surface area contributed by atoms with Crippen LogP contribution < -0.4 is 5.32 Å². The zero-order valence-electron chi connectivity index (χ0n) is 13.4. The maximum Gasteiger partial charge on any atom is 0.222 e. The second-order valence-electron chi connectivity index (χ2n) is 6.13. The lowest BCUT2D eigenvalue weighted by Gasteiger charge is -2.35. The fourth-order valence-corrected chi connectivity index (χ4v) is 3.99. The van der Waals surface area contributed by atoms with E-state index in [0.717, 1.165) is 65.1 Å². The van der Waals surface area contributed by atoms with E-state index in [1.807, 2.05) is 11.3 Å². The molecule has 23 heavy (non-hydrogen) atoms. The van der Waals surface area contributed by atoms with E-state index in [4.69, 9.17) is 0 Å². The van der Waals surface area contributed by atoms with Crippen molar-refractivity contribution in [3.8, 4) is 0 Å². The minimum atomic E-state index is 0. The first-order valence-electron chi connectivity index (χ1n) is 8.04. The maximum atomic E-state index is 12.4. The van der Waals surface area contributed by atoms with Crippen LogP contribution in [0.2, 0.25) is 0 Å². The predicted octanol–water partition coefficient (Wildman–Crippen LogP) is 2.63. The summed E-state index contributed by atoms with van der Waals surface area (Å²) in [5.41, 5.74) is 0. The first kappa shape index (κ1) is 20.7. The fourth-order valence-electron chi connectivity index (χ4n) is 3.24. The van der Waals surface area contributed by atoms with Gasteiger partial charge < -0.3 is 10.2 Å². The van der Waals surface area contributed by atoms with Gasteiger partial charge in [0.15, 0.2) is 0 Å². The zero-order chi connectivity index (χ0) is 14.5. The van der Waals surface area contributed by atoms with Gasteiger partial charge in [-0.3, -0.25) is 9.69 Å². The summed E-state index contributed by atoms with van der Waals surface area (Å²) in [6, 6.07) is 4.30. The Morgan fingerprint density at radius 1 is 1.17 bits per heavy atom. The molecule has 0 aliphatic carbocycles. The smallest absolute Gasteiger partial charge is 0.222 e. The van der Waals surface area contributed by atoms with E-state index in [9.17, 15) is 4.79 Å². The first-order chi connectivity index (χ1) is 10.3. The number of hydrogen-bond donors (Lipinski definition) is 1. The lowest BCUT2D eigenvalue weighted by Crippen LogP contribution is -2.48. The van der Waals surface area contributed by atoms with Gasteiger partial charge in [0, 0.05) is 44.0 Å². The quantitative estimate of drug-likeness (QED) is 0.872. The summed E-state index contributed by atoms with van der Waals surface area (Å²) < 4.78 is 0. The molecule has 2 saturated heterocycles. The molecule has 1 N–H and O–H groups in total. The first-order valence-corrected chi connectivity index (χ1v) is 8.92. The van der Waals surface area contributed by atoms with Crippen molar-refractivity contribution < 1.29 is 4.79 Å². The summed E-state index contributed by atoms with van der Waals surface area (Å²) in [5, 5.41) is 5.50. The molecule has 3 heterocycles. The molecular formula is C16H27Cl2N3OS. The topological polar surface area (TPSA) is 35.6 Å². The molecule has 7 heteroatoms. The Bertz CT molecular complexity index is 444. The summed E-state index contributed by atoms with van der Waals surface area (Å²) >= 11 is 1.82. The number of hydrogen-bond acceptors (Lipinski definition) is 4. The molecule has 2 aliphatic heterocycles. The average molecular weight is 380 g/mol. The van der Waals surface area contributed by atoms with Crippen molar-refractivity contribution >= 4 is 42.1 Å². The minimum absolute atomic E-state index is 0. The monoisotopic (exact) mass is 379 g/mol. The molecule has 1 aromatic rings. The Kier molecular flexibility index (Phi) is 9.47. The zero-order valence-corrected chi connectivity index (χ0v) is 15.9. The van der Waals surface area contributed by atoms with Crippen LogP contribution in [-0.4, -0.2) is 55.0 Å². The molecular weight excluding hydrogens is 353 g/mol. The van der Waals surface area contributed by atoms with E-state index in [0.29, 0.717) is 11.8 Å². The Hall–Kier alpha value is -0.330. The van der Waals surface area contributed by atoms with E-state index in [1.54, 1.807) is 0 Å². The minimum Gasteiger partial charge on any atom is -0.340 e. The number of piperazine rings is 1. The number of rotatable bonds is 4. The van der Waals surface area contributed by atoms with E-state index < -0.39 is 0 Å². The lowest BCUT2D eigenvalue weighted by atomic mass is 9.94. The highest BCUT2D eigenvalue weighted by molar-refractivity contribution is 7.09. The second-order valence-corrected chi connectivity index (χ2v) is 7.17. The van der Waals surface area contributed by atoms with Gasteiger partial charge in [-0.15, -0.1) is 36.2 Å². The summed E-state index contributed by atoms with van der Waals surface area (Å²) in [4.78, 5) is 18.3. The number of amides is 1. The molecule has 0 saturated carbocycles. The third-order valence-electron chi connectivity index (χ3n) is 4.61. The van der Waals surface area contributed by atoms with Crippen molar-refractivity contribution in [2.75, 3.05) is 39.3 Å². The molecule has 4 nitrogen and oxygen atoms in total. The lowest BCUT2D eigenvalue weighted by molar-refractivity contribution is -0.134. The van der Waals surface area contributed by atoms with Gasteiger partial charge in [0.05, 0.1) is 0 Å². The van der Waals surface area contributed by atoms with Crippen LogP contribution in [0.15, 0.2) is 17.5 Å². The van der Waals surface area contributed by atoms with Crippen LogP contribution in [0.5, 0.6) is 0 Å². The van der Waals surface area contributed by atoms with Crippen LogP contribution in [0.4, 0.5) is 0 Å². The summed E-state index contributed by atoms with van der Waals surface area (Å²) in [6.07, 6.45) is 3.07. The van der Waals surface area contributed by atoms with Gasteiger partial charge >= 0.3 is 0 Å². The molecule has 0 radical (unpaired) electrons. The number of halogens is 2. The summed E-state index contributed by atoms with van der Waals surface area (Å²) in [6.45, 7) is 7.00. The number of nitrogens with zero attached hydrogens (tertiary/aromatic N) is 2. The Labute approximate surface area is 155 Å². The molecule has 2 aliphatic rings. The van der Waals surface area contributed by atoms with Crippen molar-refractivity contribution in [1.82, 2.24) is 15.1 Å². The predicted molar refractivity (Wildman–Crippen MR) is 101 cm³/mol. The molecule has 0 bridgehead atoms. The van der Waals surface area contributed by atoms with Crippen LogP contribution in [0.3, 0.4) is 0 Å². The molecule has 3 rings (SSSR count). The number of thiophene rings is 1. The number of nitrogens with one attached hydrogen (secondary N) is 1. The van der Waals surface area contributed by atoms with Gasteiger partial charge in [-0.05, 0) is 43.3 Å². The molecule has 0 aromatic carbocycles. The molecule has 0 unspecified atom stereocenters. The maximum absolute atomic E-state index is 12.4. The average Bonchev–Trinajstić information content (AvgIpc) is 3.02. The van der Waals surface area contributed by atoms with Gasteiger partial charge in [-0.2, -0.15) is 0 Å². The largest absolute Gasteiger partial charge is 0.340 e. The molecule has 132 valence electrons. The van der Waals surface area contributed by atoms with Crippen molar-refractivity contribution in [2.24, 2.45) is 5.92 Å². The van der Waals surface area contributed by atoms with Crippen LogP contribution >= 0.6 is 36.2 Å². The van der Waals surface area contributed by atoms with E-state index in [-0.39, 0.29) is 24.8 Å². The van der Waals surface area contributed by atoms with Crippen LogP contribution in [0.1, 0.15) is 24.1 Å². The normalized spacial score (nSPS) is 19.7. The van der Waals surface area contributed by atoms with Crippen LogP contribution in [0, 0.1) is 5.92 Å². The third kappa shape index (κ3) is 6.24. The Morgan fingerprint density at radius 3 is 2.48 bits per heavy atom. The molecule has 0 atom stereocenters. The molecule has 1 aromatic heterocycles.